The van der Waals surface area contributed by atoms with E-state index < -0.39 is 0 Å². The van der Waals surface area contributed by atoms with Gasteiger partial charge in [0.05, 0.1) is 25.4 Å². The Kier molecular flexibility index (Phi) is 4.62. The molecule has 3 fully saturated rings. The standard InChI is InChI=1S/C8H14O.C5H10O2.2H2/c1-2-6-3-4-7-8(5-6)9-7;1-2-6-3-5-4-7-5;;/h6-8H,2-5H2,1H3;5H,2-4H2,1H3;2*1H. The van der Waals surface area contributed by atoms with Crippen molar-refractivity contribution in [3.63, 3.8) is 0 Å². The molecular weight excluding hydrogens is 204 g/mol. The summed E-state index contributed by atoms with van der Waals surface area (Å²) in [5.74, 6) is 0.980. The van der Waals surface area contributed by atoms with E-state index in [1.54, 1.807) is 0 Å². The van der Waals surface area contributed by atoms with Crippen LogP contribution in [-0.2, 0) is 14.2 Å². The first-order valence-corrected chi connectivity index (χ1v) is 6.68. The Morgan fingerprint density at radius 1 is 1.25 bits per heavy atom. The second-order valence-electron chi connectivity index (χ2n) is 4.92. The summed E-state index contributed by atoms with van der Waals surface area (Å²) in [5.41, 5.74) is 0. The summed E-state index contributed by atoms with van der Waals surface area (Å²) in [6.45, 7) is 6.77. The van der Waals surface area contributed by atoms with Gasteiger partial charge in [0.25, 0.3) is 0 Å². The lowest BCUT2D eigenvalue weighted by atomic mass is 9.88. The molecule has 0 amide bonds. The molecule has 2 aliphatic heterocycles. The molecule has 3 aliphatic rings. The molecule has 0 aromatic rings. The van der Waals surface area contributed by atoms with Gasteiger partial charge in [-0.15, -0.1) is 0 Å². The smallest absolute Gasteiger partial charge is 0.104 e. The van der Waals surface area contributed by atoms with E-state index in [0.717, 1.165) is 25.7 Å². The summed E-state index contributed by atoms with van der Waals surface area (Å²) in [6, 6.07) is 0. The minimum Gasteiger partial charge on any atom is -0.379 e. The lowest BCUT2D eigenvalue weighted by molar-refractivity contribution is 0.128. The highest BCUT2D eigenvalue weighted by Crippen LogP contribution is 2.40. The summed E-state index contributed by atoms with van der Waals surface area (Å²) < 4.78 is 15.3. The van der Waals surface area contributed by atoms with E-state index in [9.17, 15) is 0 Å². The zero-order valence-electron chi connectivity index (χ0n) is 10.5. The van der Waals surface area contributed by atoms with Crippen LogP contribution >= 0.6 is 0 Å². The molecular formula is C13H28O3. The highest BCUT2D eigenvalue weighted by Gasteiger charge is 2.43. The molecule has 0 spiro atoms. The van der Waals surface area contributed by atoms with Crippen molar-refractivity contribution in [3.05, 3.63) is 0 Å². The molecule has 4 unspecified atom stereocenters. The molecule has 1 saturated carbocycles. The number of hydrogen-bond donors (Lipinski definition) is 0. The molecule has 0 N–H and O–H groups in total. The van der Waals surface area contributed by atoms with Crippen LogP contribution in [0.5, 0.6) is 0 Å². The monoisotopic (exact) mass is 232 g/mol. The van der Waals surface area contributed by atoms with Crippen molar-refractivity contribution < 1.29 is 17.1 Å². The second kappa shape index (κ2) is 5.99. The SMILES string of the molecule is CCC1CCC2OC2C1.CCOCC1CO1.[HH].[HH]. The van der Waals surface area contributed by atoms with Gasteiger partial charge in [0.2, 0.25) is 0 Å². The third-order valence-corrected chi connectivity index (χ3v) is 3.60. The zero-order chi connectivity index (χ0) is 11.4. The fourth-order valence-electron chi connectivity index (χ4n) is 2.27. The van der Waals surface area contributed by atoms with Gasteiger partial charge in [0.15, 0.2) is 0 Å². The number of ether oxygens (including phenoxy) is 3. The lowest BCUT2D eigenvalue weighted by Gasteiger charge is -2.15. The van der Waals surface area contributed by atoms with Crippen molar-refractivity contribution in [2.45, 2.75) is 57.8 Å². The van der Waals surface area contributed by atoms with Crippen LogP contribution in [0.3, 0.4) is 0 Å². The van der Waals surface area contributed by atoms with Crippen molar-refractivity contribution in [3.8, 4) is 0 Å². The first kappa shape index (κ1) is 12.3. The van der Waals surface area contributed by atoms with Crippen LogP contribution in [-0.4, -0.2) is 38.1 Å². The largest absolute Gasteiger partial charge is 0.379 e. The molecule has 0 aromatic heterocycles. The molecule has 1 aliphatic carbocycles. The van der Waals surface area contributed by atoms with Crippen LogP contribution in [0.2, 0.25) is 0 Å². The van der Waals surface area contributed by atoms with Crippen molar-refractivity contribution in [2.75, 3.05) is 19.8 Å². The zero-order valence-corrected chi connectivity index (χ0v) is 10.5. The number of fused-ring (bicyclic) bond motifs is 1. The van der Waals surface area contributed by atoms with Gasteiger partial charge >= 0.3 is 0 Å². The molecule has 2 saturated heterocycles. The summed E-state index contributed by atoms with van der Waals surface area (Å²) in [5, 5.41) is 0. The topological polar surface area (TPSA) is 34.3 Å². The van der Waals surface area contributed by atoms with Gasteiger partial charge in [-0.25, -0.2) is 0 Å². The maximum atomic E-state index is 5.41. The predicted molar refractivity (Wildman–Crippen MR) is 66.8 cm³/mol. The molecule has 0 aromatic carbocycles. The van der Waals surface area contributed by atoms with Gasteiger partial charge in [0, 0.05) is 9.46 Å². The van der Waals surface area contributed by atoms with Gasteiger partial charge in [0.1, 0.15) is 6.10 Å². The number of hydrogen-bond acceptors (Lipinski definition) is 3. The maximum Gasteiger partial charge on any atom is 0.104 e. The Morgan fingerprint density at radius 3 is 2.62 bits per heavy atom. The summed E-state index contributed by atoms with van der Waals surface area (Å²) in [4.78, 5) is 0. The van der Waals surface area contributed by atoms with Crippen LogP contribution in [0.1, 0.15) is 42.4 Å². The number of rotatable bonds is 4. The maximum absolute atomic E-state index is 5.41. The van der Waals surface area contributed by atoms with Crippen LogP contribution in [0, 0.1) is 5.92 Å². The van der Waals surface area contributed by atoms with E-state index in [4.69, 9.17) is 14.2 Å². The minimum atomic E-state index is 0. The van der Waals surface area contributed by atoms with Crippen LogP contribution in [0.15, 0.2) is 0 Å². The fraction of sp³-hybridized carbons (Fsp3) is 1.00. The average molecular weight is 232 g/mol. The van der Waals surface area contributed by atoms with Gasteiger partial charge in [-0.05, 0) is 32.1 Å². The first-order valence-electron chi connectivity index (χ1n) is 6.68. The third-order valence-electron chi connectivity index (χ3n) is 3.60. The average Bonchev–Trinajstić information content (AvgIpc) is 3.19. The van der Waals surface area contributed by atoms with Gasteiger partial charge in [-0.3, -0.25) is 0 Å². The Hall–Kier alpha value is -0.120. The normalized spacial score (nSPS) is 39.4. The van der Waals surface area contributed by atoms with E-state index in [-0.39, 0.29) is 2.85 Å². The Bertz CT molecular complexity index is 212. The van der Waals surface area contributed by atoms with E-state index in [2.05, 4.69) is 6.92 Å². The van der Waals surface area contributed by atoms with E-state index in [0.29, 0.717) is 18.3 Å². The molecule has 16 heavy (non-hydrogen) atoms. The molecule has 0 radical (unpaired) electrons. The van der Waals surface area contributed by atoms with Crippen LogP contribution < -0.4 is 0 Å². The van der Waals surface area contributed by atoms with E-state index in [1.165, 1.54) is 25.7 Å². The Labute approximate surface area is 101 Å². The molecule has 2 heterocycles. The molecule has 3 nitrogen and oxygen atoms in total. The van der Waals surface area contributed by atoms with Crippen molar-refractivity contribution in [2.24, 2.45) is 5.92 Å². The minimum absolute atomic E-state index is 0. The Morgan fingerprint density at radius 2 is 2.06 bits per heavy atom. The van der Waals surface area contributed by atoms with Crippen molar-refractivity contribution in [1.82, 2.24) is 0 Å². The second-order valence-corrected chi connectivity index (χ2v) is 4.92. The first-order chi connectivity index (χ1) is 7.83. The highest BCUT2D eigenvalue weighted by atomic mass is 16.6. The third kappa shape index (κ3) is 4.04. The van der Waals surface area contributed by atoms with Crippen LogP contribution in [0.4, 0.5) is 0 Å². The molecule has 3 rings (SSSR count). The van der Waals surface area contributed by atoms with Gasteiger partial charge in [-0.1, -0.05) is 13.3 Å². The Balaban J connectivity index is 0.000000297. The molecule has 4 atom stereocenters. The van der Waals surface area contributed by atoms with Crippen molar-refractivity contribution in [1.29, 1.82) is 0 Å². The van der Waals surface area contributed by atoms with Gasteiger partial charge in [-0.2, -0.15) is 0 Å². The predicted octanol–water partition coefficient (Wildman–Crippen LogP) is 2.88. The summed E-state index contributed by atoms with van der Waals surface area (Å²) in [6.07, 6.45) is 7.26. The highest BCUT2D eigenvalue weighted by molar-refractivity contribution is 4.91. The summed E-state index contributed by atoms with van der Waals surface area (Å²) in [7, 11) is 0. The van der Waals surface area contributed by atoms with Crippen molar-refractivity contribution >= 4 is 0 Å². The summed E-state index contributed by atoms with van der Waals surface area (Å²) >= 11 is 0. The quantitative estimate of drug-likeness (QED) is 0.699. The molecule has 3 heteroatoms. The van der Waals surface area contributed by atoms with E-state index in [1.807, 2.05) is 6.92 Å². The number of epoxide rings is 2. The molecule has 0 bridgehead atoms. The van der Waals surface area contributed by atoms with E-state index >= 15 is 0 Å². The lowest BCUT2D eigenvalue weighted by Crippen LogP contribution is -2.11. The fourth-order valence-corrected chi connectivity index (χ4v) is 2.27. The van der Waals surface area contributed by atoms with Crippen LogP contribution in [0.25, 0.3) is 0 Å². The van der Waals surface area contributed by atoms with Gasteiger partial charge < -0.3 is 14.2 Å². The molecule has 98 valence electrons.